The van der Waals surface area contributed by atoms with Gasteiger partial charge >= 0.3 is 0 Å². The first-order valence-electron chi connectivity index (χ1n) is 5.42. The van der Waals surface area contributed by atoms with E-state index in [1.807, 2.05) is 0 Å². The Hall–Kier alpha value is -0.940. The molecule has 1 amide bonds. The van der Waals surface area contributed by atoms with Gasteiger partial charge in [0.15, 0.2) is 0 Å². The largest absolute Gasteiger partial charge is 0.341 e. The second-order valence-electron chi connectivity index (χ2n) is 3.88. The van der Waals surface area contributed by atoms with E-state index in [4.69, 9.17) is 5.73 Å². The molecule has 17 heavy (non-hydrogen) atoms. The number of halogens is 2. The molecule has 2 N–H and O–H groups in total. The van der Waals surface area contributed by atoms with Crippen molar-refractivity contribution in [1.82, 2.24) is 4.90 Å². The van der Waals surface area contributed by atoms with Crippen LogP contribution < -0.4 is 5.73 Å². The lowest BCUT2D eigenvalue weighted by Crippen LogP contribution is -2.26. The van der Waals surface area contributed by atoms with Gasteiger partial charge < -0.3 is 10.6 Å². The summed E-state index contributed by atoms with van der Waals surface area (Å²) in [6, 6.07) is 4.70. The normalized spacial score (nSPS) is 10.4. The lowest BCUT2D eigenvalue weighted by atomic mass is 10.2. The highest BCUT2D eigenvalue weighted by molar-refractivity contribution is 9.10. The summed E-state index contributed by atoms with van der Waals surface area (Å²) >= 11 is 3.28. The highest BCUT2D eigenvalue weighted by atomic mass is 79.9. The third kappa shape index (κ3) is 4.44. The Labute approximate surface area is 109 Å². The first kappa shape index (κ1) is 14.1. The van der Waals surface area contributed by atoms with E-state index >= 15 is 0 Å². The number of nitrogens with zero attached hydrogens (tertiary/aromatic N) is 1. The van der Waals surface area contributed by atoms with Crippen LogP contribution in [-0.2, 0) is 11.3 Å². The van der Waals surface area contributed by atoms with E-state index < -0.39 is 0 Å². The molecule has 5 heteroatoms. The van der Waals surface area contributed by atoms with Crippen LogP contribution in [0.15, 0.2) is 22.7 Å². The zero-order valence-electron chi connectivity index (χ0n) is 9.75. The van der Waals surface area contributed by atoms with Crippen molar-refractivity contribution in [2.45, 2.75) is 19.4 Å². The summed E-state index contributed by atoms with van der Waals surface area (Å²) < 4.78 is 14.3. The van der Waals surface area contributed by atoms with Gasteiger partial charge in [0.25, 0.3) is 0 Å². The van der Waals surface area contributed by atoms with Crippen LogP contribution in [-0.4, -0.2) is 24.4 Å². The lowest BCUT2D eigenvalue weighted by molar-refractivity contribution is -0.130. The topological polar surface area (TPSA) is 46.3 Å². The molecule has 1 aromatic rings. The van der Waals surface area contributed by atoms with Crippen molar-refractivity contribution in [3.63, 3.8) is 0 Å². The Morgan fingerprint density at radius 1 is 1.53 bits per heavy atom. The average molecular weight is 303 g/mol. The predicted octanol–water partition coefficient (Wildman–Crippen LogP) is 2.29. The van der Waals surface area contributed by atoms with Gasteiger partial charge in [0.05, 0.1) is 0 Å². The summed E-state index contributed by atoms with van der Waals surface area (Å²) in [5.74, 6) is -0.318. The van der Waals surface area contributed by atoms with Gasteiger partial charge in [-0.3, -0.25) is 4.79 Å². The number of hydrogen-bond acceptors (Lipinski definition) is 2. The number of carbonyl (C=O) groups is 1. The zero-order valence-corrected chi connectivity index (χ0v) is 11.3. The first-order chi connectivity index (χ1) is 8.04. The average Bonchev–Trinajstić information content (AvgIpc) is 2.30. The molecule has 0 heterocycles. The maximum Gasteiger partial charge on any atom is 0.222 e. The third-order valence-corrected chi connectivity index (χ3v) is 2.93. The fraction of sp³-hybridized carbons (Fsp3) is 0.417. The summed E-state index contributed by atoms with van der Waals surface area (Å²) in [5, 5.41) is 0. The van der Waals surface area contributed by atoms with Crippen molar-refractivity contribution in [1.29, 1.82) is 0 Å². The monoisotopic (exact) mass is 302 g/mol. The van der Waals surface area contributed by atoms with Crippen molar-refractivity contribution in [3.8, 4) is 0 Å². The number of rotatable bonds is 5. The second-order valence-corrected chi connectivity index (χ2v) is 4.79. The maximum absolute atomic E-state index is 13.5. The molecule has 0 aliphatic carbocycles. The number of amides is 1. The minimum Gasteiger partial charge on any atom is -0.341 e. The third-order valence-electron chi connectivity index (χ3n) is 2.44. The molecular weight excluding hydrogens is 287 g/mol. The van der Waals surface area contributed by atoms with Crippen LogP contribution in [0.25, 0.3) is 0 Å². The Kier molecular flexibility index (Phi) is 5.58. The van der Waals surface area contributed by atoms with E-state index in [1.165, 1.54) is 11.0 Å². The fourth-order valence-electron chi connectivity index (χ4n) is 1.45. The van der Waals surface area contributed by atoms with E-state index in [2.05, 4.69) is 15.9 Å². The molecule has 94 valence electrons. The van der Waals surface area contributed by atoms with Gasteiger partial charge in [-0.2, -0.15) is 0 Å². The molecule has 1 aromatic carbocycles. The smallest absolute Gasteiger partial charge is 0.222 e. The van der Waals surface area contributed by atoms with E-state index in [1.54, 1.807) is 19.2 Å². The van der Waals surface area contributed by atoms with Crippen LogP contribution in [0.2, 0.25) is 0 Å². The van der Waals surface area contributed by atoms with Gasteiger partial charge in [0, 0.05) is 30.0 Å². The molecule has 0 bridgehead atoms. The molecule has 0 fully saturated rings. The molecule has 3 nitrogen and oxygen atoms in total. The summed E-state index contributed by atoms with van der Waals surface area (Å²) in [6.07, 6.45) is 1.06. The Morgan fingerprint density at radius 3 is 2.88 bits per heavy atom. The fourth-order valence-corrected chi connectivity index (χ4v) is 1.86. The quantitative estimate of drug-likeness (QED) is 0.907. The highest BCUT2D eigenvalue weighted by Crippen LogP contribution is 2.17. The summed E-state index contributed by atoms with van der Waals surface area (Å²) in [6.45, 7) is 0.763. The van der Waals surface area contributed by atoms with E-state index in [-0.39, 0.29) is 18.3 Å². The summed E-state index contributed by atoms with van der Waals surface area (Å²) in [4.78, 5) is 13.2. The van der Waals surface area contributed by atoms with Crippen LogP contribution in [0.4, 0.5) is 4.39 Å². The number of hydrogen-bond donors (Lipinski definition) is 1. The van der Waals surface area contributed by atoms with E-state index in [9.17, 15) is 9.18 Å². The van der Waals surface area contributed by atoms with Gasteiger partial charge in [-0.05, 0) is 31.2 Å². The van der Waals surface area contributed by atoms with Crippen LogP contribution in [0.5, 0.6) is 0 Å². The standard InChI is InChI=1S/C12H16BrFN2O/c1-16(12(17)3-2-6-15)8-9-7-10(13)4-5-11(9)14/h4-5,7H,2-3,6,8,15H2,1H3. The van der Waals surface area contributed by atoms with Crippen molar-refractivity contribution >= 4 is 21.8 Å². The van der Waals surface area contributed by atoms with Gasteiger partial charge in [-0.15, -0.1) is 0 Å². The van der Waals surface area contributed by atoms with E-state index in [0.29, 0.717) is 24.9 Å². The molecule has 0 aliphatic rings. The van der Waals surface area contributed by atoms with Crippen LogP contribution in [0, 0.1) is 5.82 Å². The molecule has 0 saturated heterocycles. The van der Waals surface area contributed by atoms with Gasteiger partial charge in [0.2, 0.25) is 5.91 Å². The maximum atomic E-state index is 13.5. The summed E-state index contributed by atoms with van der Waals surface area (Å²) in [5.41, 5.74) is 5.84. The Balaban J connectivity index is 2.64. The zero-order chi connectivity index (χ0) is 12.8. The molecule has 0 spiro atoms. The van der Waals surface area contributed by atoms with Crippen LogP contribution in [0.1, 0.15) is 18.4 Å². The van der Waals surface area contributed by atoms with Gasteiger partial charge in [-0.1, -0.05) is 15.9 Å². The second kappa shape index (κ2) is 6.71. The lowest BCUT2D eigenvalue weighted by Gasteiger charge is -2.17. The van der Waals surface area contributed by atoms with Crippen LogP contribution in [0.3, 0.4) is 0 Å². The predicted molar refractivity (Wildman–Crippen MR) is 68.9 cm³/mol. The molecule has 0 unspecified atom stereocenters. The number of carbonyl (C=O) groups excluding carboxylic acids is 1. The van der Waals surface area contributed by atoms with Crippen LogP contribution >= 0.6 is 15.9 Å². The van der Waals surface area contributed by atoms with E-state index in [0.717, 1.165) is 4.47 Å². The van der Waals surface area contributed by atoms with Crippen molar-refractivity contribution in [2.24, 2.45) is 5.73 Å². The molecule has 0 saturated carbocycles. The number of nitrogens with two attached hydrogens (primary N) is 1. The molecule has 0 aromatic heterocycles. The molecule has 0 radical (unpaired) electrons. The summed E-state index contributed by atoms with van der Waals surface area (Å²) in [7, 11) is 1.67. The molecule has 0 atom stereocenters. The minimum atomic E-state index is -0.299. The van der Waals surface area contributed by atoms with Crippen molar-refractivity contribution in [3.05, 3.63) is 34.1 Å². The van der Waals surface area contributed by atoms with Gasteiger partial charge in [-0.25, -0.2) is 4.39 Å². The minimum absolute atomic E-state index is 0.0187. The number of benzene rings is 1. The molecule has 0 aliphatic heterocycles. The van der Waals surface area contributed by atoms with Crippen molar-refractivity contribution < 1.29 is 9.18 Å². The first-order valence-corrected chi connectivity index (χ1v) is 6.22. The Morgan fingerprint density at radius 2 is 2.24 bits per heavy atom. The van der Waals surface area contributed by atoms with Gasteiger partial charge in [0.1, 0.15) is 5.82 Å². The SMILES string of the molecule is CN(Cc1cc(Br)ccc1F)C(=O)CCCN. The highest BCUT2D eigenvalue weighted by Gasteiger charge is 2.11. The Bertz CT molecular complexity index is 398. The molecule has 1 rings (SSSR count). The molecular formula is C12H16BrFN2O. The van der Waals surface area contributed by atoms with Crippen molar-refractivity contribution in [2.75, 3.05) is 13.6 Å².